The van der Waals surface area contributed by atoms with Crippen LogP contribution in [0.2, 0.25) is 0 Å². The van der Waals surface area contributed by atoms with Crippen LogP contribution in [0.25, 0.3) is 11.3 Å². The molecule has 0 radical (unpaired) electrons. The maximum Gasteiger partial charge on any atom is 0.270 e. The minimum Gasteiger partial charge on any atom is -0.326 e. The largest absolute Gasteiger partial charge is 0.326 e. The van der Waals surface area contributed by atoms with Crippen molar-refractivity contribution in [1.82, 2.24) is 5.32 Å². The topological polar surface area (TPSA) is 72.2 Å². The van der Waals surface area contributed by atoms with Gasteiger partial charge >= 0.3 is 0 Å². The SMILES string of the molecule is CC(=O)NC1=C(c2cccc([N+](=O)[O-])c2)CCc2ccccc21. The molecule has 3 rings (SSSR count). The number of benzene rings is 2. The van der Waals surface area contributed by atoms with Gasteiger partial charge in [-0.15, -0.1) is 0 Å². The normalized spacial score (nSPS) is 13.4. The lowest BCUT2D eigenvalue weighted by molar-refractivity contribution is -0.384. The molecule has 0 aliphatic heterocycles. The van der Waals surface area contributed by atoms with Crippen molar-refractivity contribution in [3.63, 3.8) is 0 Å². The molecule has 0 fully saturated rings. The number of carbonyl (C=O) groups is 1. The van der Waals surface area contributed by atoms with E-state index in [9.17, 15) is 14.9 Å². The lowest BCUT2D eigenvalue weighted by Crippen LogP contribution is -2.22. The molecule has 0 atom stereocenters. The molecule has 0 heterocycles. The second-order valence-electron chi connectivity index (χ2n) is 5.50. The van der Waals surface area contributed by atoms with E-state index >= 15 is 0 Å². The number of allylic oxidation sites excluding steroid dienone is 1. The Kier molecular flexibility index (Phi) is 3.93. The molecule has 0 unspecified atom stereocenters. The number of fused-ring (bicyclic) bond motifs is 1. The molecule has 1 aliphatic rings. The minimum absolute atomic E-state index is 0.0519. The van der Waals surface area contributed by atoms with Gasteiger partial charge in [-0.2, -0.15) is 0 Å². The maximum atomic E-state index is 11.6. The third-order valence-corrected chi connectivity index (χ3v) is 3.94. The standard InChI is InChI=1S/C18H16N2O3/c1-12(21)19-18-16-8-3-2-5-13(16)9-10-17(18)14-6-4-7-15(11-14)20(22)23/h2-8,11H,9-10H2,1H3,(H,19,21). The van der Waals surface area contributed by atoms with Crippen LogP contribution in [0, 0.1) is 10.1 Å². The number of hydrogen-bond acceptors (Lipinski definition) is 3. The zero-order valence-corrected chi connectivity index (χ0v) is 12.7. The predicted octanol–water partition coefficient (Wildman–Crippen LogP) is 3.55. The number of amides is 1. The number of rotatable bonds is 3. The molecule has 0 saturated carbocycles. The van der Waals surface area contributed by atoms with Crippen molar-refractivity contribution in [2.75, 3.05) is 0 Å². The summed E-state index contributed by atoms with van der Waals surface area (Å²) < 4.78 is 0. The van der Waals surface area contributed by atoms with Gasteiger partial charge in [0.25, 0.3) is 5.69 Å². The fraction of sp³-hybridized carbons (Fsp3) is 0.167. The van der Waals surface area contributed by atoms with Gasteiger partial charge in [-0.1, -0.05) is 36.4 Å². The summed E-state index contributed by atoms with van der Waals surface area (Å²) in [5.74, 6) is -0.153. The van der Waals surface area contributed by atoms with Crippen molar-refractivity contribution in [1.29, 1.82) is 0 Å². The third kappa shape index (κ3) is 2.99. The molecular weight excluding hydrogens is 292 g/mol. The minimum atomic E-state index is -0.404. The Hall–Kier alpha value is -2.95. The van der Waals surface area contributed by atoms with Crippen molar-refractivity contribution in [2.45, 2.75) is 19.8 Å². The van der Waals surface area contributed by atoms with Crippen LogP contribution in [-0.4, -0.2) is 10.8 Å². The first-order valence-corrected chi connectivity index (χ1v) is 7.40. The average Bonchev–Trinajstić information content (AvgIpc) is 2.55. The van der Waals surface area contributed by atoms with Gasteiger partial charge in [0, 0.05) is 24.6 Å². The van der Waals surface area contributed by atoms with Gasteiger partial charge in [0.2, 0.25) is 5.91 Å². The van der Waals surface area contributed by atoms with E-state index in [0.717, 1.165) is 35.2 Å². The Bertz CT molecular complexity index is 825. The Labute approximate surface area is 133 Å². The molecule has 5 nitrogen and oxygen atoms in total. The van der Waals surface area contributed by atoms with Gasteiger partial charge in [-0.3, -0.25) is 14.9 Å². The van der Waals surface area contributed by atoms with E-state index in [2.05, 4.69) is 5.32 Å². The Balaban J connectivity index is 2.17. The molecule has 2 aromatic rings. The zero-order chi connectivity index (χ0) is 16.4. The molecule has 5 heteroatoms. The summed E-state index contributed by atoms with van der Waals surface area (Å²) in [6.07, 6.45) is 1.57. The highest BCUT2D eigenvalue weighted by molar-refractivity contribution is 5.98. The number of hydrogen-bond donors (Lipinski definition) is 1. The zero-order valence-electron chi connectivity index (χ0n) is 12.7. The monoisotopic (exact) mass is 308 g/mol. The summed E-state index contributed by atoms with van der Waals surface area (Å²) in [5, 5.41) is 13.9. The number of aryl methyl sites for hydroxylation is 1. The van der Waals surface area contributed by atoms with Crippen LogP contribution in [0.3, 0.4) is 0 Å². The van der Waals surface area contributed by atoms with Crippen LogP contribution in [0.15, 0.2) is 48.5 Å². The second kappa shape index (κ2) is 6.04. The van der Waals surface area contributed by atoms with E-state index in [1.54, 1.807) is 12.1 Å². The van der Waals surface area contributed by atoms with Crippen LogP contribution in [-0.2, 0) is 11.2 Å². The van der Waals surface area contributed by atoms with Crippen molar-refractivity contribution >= 4 is 22.9 Å². The molecule has 1 aliphatic carbocycles. The number of nitrogens with one attached hydrogen (secondary N) is 1. The first-order valence-electron chi connectivity index (χ1n) is 7.40. The first-order chi connectivity index (χ1) is 11.1. The number of non-ortho nitro benzene ring substituents is 1. The van der Waals surface area contributed by atoms with Crippen molar-refractivity contribution in [2.24, 2.45) is 0 Å². The van der Waals surface area contributed by atoms with Gasteiger partial charge in [-0.25, -0.2) is 0 Å². The second-order valence-corrected chi connectivity index (χ2v) is 5.50. The molecule has 0 saturated heterocycles. The molecule has 0 bridgehead atoms. The van der Waals surface area contributed by atoms with E-state index in [1.807, 2.05) is 30.3 Å². The highest BCUT2D eigenvalue weighted by atomic mass is 16.6. The van der Waals surface area contributed by atoms with Crippen molar-refractivity contribution in [3.8, 4) is 0 Å². The summed E-state index contributed by atoms with van der Waals surface area (Å²) in [4.78, 5) is 22.2. The average molecular weight is 308 g/mol. The first kappa shape index (κ1) is 15.0. The number of carbonyl (C=O) groups excluding carboxylic acids is 1. The number of nitrogens with zero attached hydrogens (tertiary/aromatic N) is 1. The molecule has 116 valence electrons. The smallest absolute Gasteiger partial charge is 0.270 e. The Morgan fingerprint density at radius 3 is 2.65 bits per heavy atom. The predicted molar refractivity (Wildman–Crippen MR) is 88.5 cm³/mol. The highest BCUT2D eigenvalue weighted by Crippen LogP contribution is 2.36. The fourth-order valence-corrected chi connectivity index (χ4v) is 2.94. The van der Waals surface area contributed by atoms with Gasteiger partial charge in [0.1, 0.15) is 0 Å². The lowest BCUT2D eigenvalue weighted by atomic mass is 9.86. The molecule has 0 spiro atoms. The molecule has 1 amide bonds. The summed E-state index contributed by atoms with van der Waals surface area (Å²) in [6, 6.07) is 14.5. The van der Waals surface area contributed by atoms with E-state index in [4.69, 9.17) is 0 Å². The van der Waals surface area contributed by atoms with Crippen molar-refractivity contribution in [3.05, 3.63) is 75.3 Å². The summed E-state index contributed by atoms with van der Waals surface area (Å²) >= 11 is 0. The third-order valence-electron chi connectivity index (χ3n) is 3.94. The summed E-state index contributed by atoms with van der Waals surface area (Å²) in [5.41, 5.74) is 4.66. The van der Waals surface area contributed by atoms with E-state index in [1.165, 1.54) is 18.6 Å². The summed E-state index contributed by atoms with van der Waals surface area (Å²) in [6.45, 7) is 1.47. The number of nitro groups is 1. The van der Waals surface area contributed by atoms with E-state index in [0.29, 0.717) is 0 Å². The van der Waals surface area contributed by atoms with Crippen LogP contribution >= 0.6 is 0 Å². The highest BCUT2D eigenvalue weighted by Gasteiger charge is 2.21. The fourth-order valence-electron chi connectivity index (χ4n) is 2.94. The molecule has 23 heavy (non-hydrogen) atoms. The van der Waals surface area contributed by atoms with Crippen LogP contribution in [0.1, 0.15) is 30.0 Å². The molecule has 1 N–H and O–H groups in total. The van der Waals surface area contributed by atoms with E-state index in [-0.39, 0.29) is 11.6 Å². The summed E-state index contributed by atoms with van der Waals surface area (Å²) in [7, 11) is 0. The van der Waals surface area contributed by atoms with E-state index < -0.39 is 4.92 Å². The van der Waals surface area contributed by atoms with Crippen LogP contribution in [0.5, 0.6) is 0 Å². The Morgan fingerprint density at radius 2 is 1.91 bits per heavy atom. The lowest BCUT2D eigenvalue weighted by Gasteiger charge is -2.24. The van der Waals surface area contributed by atoms with Gasteiger partial charge in [0.15, 0.2) is 0 Å². The van der Waals surface area contributed by atoms with Gasteiger partial charge < -0.3 is 5.32 Å². The van der Waals surface area contributed by atoms with Gasteiger partial charge in [-0.05, 0) is 29.5 Å². The molecule has 2 aromatic carbocycles. The molecular formula is C18H16N2O3. The quantitative estimate of drug-likeness (QED) is 0.696. The van der Waals surface area contributed by atoms with Crippen LogP contribution < -0.4 is 5.32 Å². The number of nitro benzene ring substituents is 1. The van der Waals surface area contributed by atoms with Crippen molar-refractivity contribution < 1.29 is 9.72 Å². The Morgan fingerprint density at radius 1 is 1.13 bits per heavy atom. The molecule has 0 aromatic heterocycles. The van der Waals surface area contributed by atoms with Gasteiger partial charge in [0.05, 0.1) is 10.6 Å². The maximum absolute atomic E-state index is 11.6. The van der Waals surface area contributed by atoms with Crippen LogP contribution in [0.4, 0.5) is 5.69 Å².